The topological polar surface area (TPSA) is 62.5 Å². The Balaban J connectivity index is 2.29. The highest BCUT2D eigenvalue weighted by molar-refractivity contribution is 5.49. The van der Waals surface area contributed by atoms with Crippen molar-refractivity contribution in [2.45, 2.75) is 0 Å². The van der Waals surface area contributed by atoms with Gasteiger partial charge < -0.3 is 14.6 Å². The average Bonchev–Trinajstić information content (AvgIpc) is 2.39. The third kappa shape index (κ3) is 2.36. The van der Waals surface area contributed by atoms with Crippen LogP contribution in [-0.4, -0.2) is 12.2 Å². The first-order chi connectivity index (χ1) is 8.74. The molecular weight excluding hydrogens is 230 g/mol. The number of nitrogens with zero attached hydrogens (tertiary/aromatic N) is 1. The Hall–Kier alpha value is -2.67. The molecule has 2 aromatic rings. The van der Waals surface area contributed by atoms with E-state index in [1.807, 2.05) is 18.2 Å². The Kier molecular flexibility index (Phi) is 3.35. The lowest BCUT2D eigenvalue weighted by molar-refractivity contribution is 0.377. The first-order valence-corrected chi connectivity index (χ1v) is 5.28. The van der Waals surface area contributed by atoms with Crippen LogP contribution in [0.1, 0.15) is 5.56 Å². The maximum absolute atomic E-state index is 9.56. The fourth-order valence-electron chi connectivity index (χ4n) is 1.50. The predicted octanol–water partition coefficient (Wildman–Crippen LogP) is 3.06. The Labute approximate surface area is 105 Å². The molecule has 0 amide bonds. The van der Waals surface area contributed by atoms with E-state index in [1.54, 1.807) is 25.3 Å². The summed E-state index contributed by atoms with van der Waals surface area (Å²) in [6.45, 7) is 0. The second-order valence-corrected chi connectivity index (χ2v) is 3.54. The van der Waals surface area contributed by atoms with Crippen molar-refractivity contribution in [1.29, 1.82) is 5.26 Å². The van der Waals surface area contributed by atoms with Crippen LogP contribution in [0.2, 0.25) is 0 Å². The predicted molar refractivity (Wildman–Crippen MR) is 65.9 cm³/mol. The van der Waals surface area contributed by atoms with Crippen molar-refractivity contribution >= 4 is 0 Å². The summed E-state index contributed by atoms with van der Waals surface area (Å²) >= 11 is 0. The first kappa shape index (κ1) is 11.8. The highest BCUT2D eigenvalue weighted by Gasteiger charge is 2.06. The molecule has 4 nitrogen and oxygen atoms in total. The van der Waals surface area contributed by atoms with Gasteiger partial charge in [0.2, 0.25) is 0 Å². The van der Waals surface area contributed by atoms with Crippen molar-refractivity contribution in [3.63, 3.8) is 0 Å². The molecule has 0 saturated carbocycles. The van der Waals surface area contributed by atoms with Crippen molar-refractivity contribution < 1.29 is 14.6 Å². The molecule has 2 rings (SSSR count). The van der Waals surface area contributed by atoms with Gasteiger partial charge in [0.1, 0.15) is 17.6 Å². The van der Waals surface area contributed by atoms with Crippen molar-refractivity contribution in [3.05, 3.63) is 48.0 Å². The van der Waals surface area contributed by atoms with Crippen molar-refractivity contribution in [1.82, 2.24) is 0 Å². The van der Waals surface area contributed by atoms with Gasteiger partial charge in [-0.2, -0.15) is 5.26 Å². The van der Waals surface area contributed by atoms with Gasteiger partial charge in [-0.15, -0.1) is 0 Å². The van der Waals surface area contributed by atoms with Gasteiger partial charge in [-0.1, -0.05) is 12.1 Å². The molecule has 0 aliphatic carbocycles. The number of nitriles is 1. The molecule has 0 saturated heterocycles. The van der Waals surface area contributed by atoms with Gasteiger partial charge in [0.05, 0.1) is 12.7 Å². The molecule has 0 aliphatic heterocycles. The summed E-state index contributed by atoms with van der Waals surface area (Å²) in [5, 5.41) is 18.3. The van der Waals surface area contributed by atoms with Gasteiger partial charge >= 0.3 is 0 Å². The van der Waals surface area contributed by atoms with E-state index in [0.717, 1.165) is 0 Å². The second kappa shape index (κ2) is 5.11. The van der Waals surface area contributed by atoms with E-state index in [4.69, 9.17) is 14.7 Å². The maximum Gasteiger partial charge on any atom is 0.169 e. The minimum atomic E-state index is -0.107. The summed E-state index contributed by atoms with van der Waals surface area (Å²) in [7, 11) is 1.55. The Morgan fingerprint density at radius 2 is 1.83 bits per heavy atom. The van der Waals surface area contributed by atoms with E-state index in [-0.39, 0.29) is 11.3 Å². The van der Waals surface area contributed by atoms with Crippen molar-refractivity contribution in [2.75, 3.05) is 7.11 Å². The fraction of sp³-hybridized carbons (Fsp3) is 0.0714. The Morgan fingerprint density at radius 1 is 1.11 bits per heavy atom. The lowest BCUT2D eigenvalue weighted by Gasteiger charge is -2.10. The van der Waals surface area contributed by atoms with E-state index in [1.165, 1.54) is 12.1 Å². The summed E-state index contributed by atoms with van der Waals surface area (Å²) in [6.07, 6.45) is 0. The number of aromatic hydroxyl groups is 1. The SMILES string of the molecule is COc1ccccc1Oc1ccc(C#N)c(O)c1. The van der Waals surface area contributed by atoms with Crippen molar-refractivity contribution in [3.8, 4) is 29.1 Å². The second-order valence-electron chi connectivity index (χ2n) is 3.54. The van der Waals surface area contributed by atoms with Crippen LogP contribution in [0.4, 0.5) is 0 Å². The monoisotopic (exact) mass is 241 g/mol. The quantitative estimate of drug-likeness (QED) is 0.897. The normalized spacial score (nSPS) is 9.56. The molecule has 0 fully saturated rings. The summed E-state index contributed by atoms with van der Waals surface area (Å²) in [6, 6.07) is 13.6. The molecule has 0 heterocycles. The maximum atomic E-state index is 9.56. The highest BCUT2D eigenvalue weighted by Crippen LogP contribution is 2.32. The molecule has 2 aromatic carbocycles. The van der Waals surface area contributed by atoms with Crippen LogP contribution in [0, 0.1) is 11.3 Å². The van der Waals surface area contributed by atoms with Crippen LogP contribution in [0.3, 0.4) is 0 Å². The number of hydrogen-bond acceptors (Lipinski definition) is 4. The molecule has 18 heavy (non-hydrogen) atoms. The highest BCUT2D eigenvalue weighted by atomic mass is 16.5. The zero-order valence-electron chi connectivity index (χ0n) is 9.75. The number of benzene rings is 2. The lowest BCUT2D eigenvalue weighted by Crippen LogP contribution is -1.90. The first-order valence-electron chi connectivity index (χ1n) is 5.28. The Morgan fingerprint density at radius 3 is 2.44 bits per heavy atom. The van der Waals surface area contributed by atoms with Crippen LogP contribution in [0.25, 0.3) is 0 Å². The molecule has 4 heteroatoms. The molecule has 0 unspecified atom stereocenters. The zero-order valence-corrected chi connectivity index (χ0v) is 9.75. The molecular formula is C14H11NO3. The molecule has 1 N–H and O–H groups in total. The number of para-hydroxylation sites is 2. The molecule has 0 atom stereocenters. The largest absolute Gasteiger partial charge is 0.506 e. The number of phenolic OH excluding ortho intramolecular Hbond substituents is 1. The Bertz CT molecular complexity index is 602. The molecule has 0 aliphatic rings. The van der Waals surface area contributed by atoms with Crippen LogP contribution in [0.5, 0.6) is 23.0 Å². The fourth-order valence-corrected chi connectivity index (χ4v) is 1.50. The third-order valence-corrected chi connectivity index (χ3v) is 2.39. The molecule has 0 bridgehead atoms. The number of methoxy groups -OCH3 is 1. The van der Waals surface area contributed by atoms with Crippen molar-refractivity contribution in [2.24, 2.45) is 0 Å². The molecule has 0 spiro atoms. The average molecular weight is 241 g/mol. The smallest absolute Gasteiger partial charge is 0.169 e. The van der Waals surface area contributed by atoms with E-state index in [0.29, 0.717) is 17.2 Å². The lowest BCUT2D eigenvalue weighted by atomic mass is 10.2. The summed E-state index contributed by atoms with van der Waals surface area (Å²) < 4.78 is 10.7. The number of phenols is 1. The third-order valence-electron chi connectivity index (χ3n) is 2.39. The van der Waals surface area contributed by atoms with E-state index >= 15 is 0 Å². The van der Waals surface area contributed by atoms with Crippen LogP contribution in [0.15, 0.2) is 42.5 Å². The van der Waals surface area contributed by atoms with Gasteiger partial charge in [-0.3, -0.25) is 0 Å². The minimum absolute atomic E-state index is 0.107. The van der Waals surface area contributed by atoms with Gasteiger partial charge in [0.15, 0.2) is 11.5 Å². The standard InChI is InChI=1S/C14H11NO3/c1-17-13-4-2-3-5-14(13)18-11-7-6-10(9-15)12(16)8-11/h2-8,16H,1H3. The van der Waals surface area contributed by atoms with E-state index < -0.39 is 0 Å². The molecule has 0 radical (unpaired) electrons. The summed E-state index contributed by atoms with van der Waals surface area (Å²) in [4.78, 5) is 0. The van der Waals surface area contributed by atoms with Gasteiger partial charge in [-0.05, 0) is 24.3 Å². The van der Waals surface area contributed by atoms with Gasteiger partial charge in [0, 0.05) is 6.07 Å². The minimum Gasteiger partial charge on any atom is -0.506 e. The molecule has 90 valence electrons. The summed E-state index contributed by atoms with van der Waals surface area (Å²) in [5.41, 5.74) is 0.211. The number of hydrogen-bond donors (Lipinski definition) is 1. The number of rotatable bonds is 3. The van der Waals surface area contributed by atoms with Gasteiger partial charge in [-0.25, -0.2) is 0 Å². The van der Waals surface area contributed by atoms with E-state index in [2.05, 4.69) is 0 Å². The summed E-state index contributed by atoms with van der Waals surface area (Å²) in [5.74, 6) is 1.48. The van der Waals surface area contributed by atoms with Crippen LogP contribution in [-0.2, 0) is 0 Å². The van der Waals surface area contributed by atoms with E-state index in [9.17, 15) is 5.11 Å². The molecule has 0 aromatic heterocycles. The van der Waals surface area contributed by atoms with Crippen LogP contribution >= 0.6 is 0 Å². The van der Waals surface area contributed by atoms with Crippen LogP contribution < -0.4 is 9.47 Å². The van der Waals surface area contributed by atoms with Gasteiger partial charge in [0.25, 0.3) is 0 Å². The number of ether oxygens (including phenoxy) is 2. The zero-order chi connectivity index (χ0) is 13.0.